The second-order valence-corrected chi connectivity index (χ2v) is 4.07. The fourth-order valence-corrected chi connectivity index (χ4v) is 1.61. The first-order chi connectivity index (χ1) is 6.51. The first kappa shape index (κ1) is 9.77. The third-order valence-corrected chi connectivity index (χ3v) is 2.75. The van der Waals surface area contributed by atoms with Gasteiger partial charge < -0.3 is 0 Å². The van der Waals surface area contributed by atoms with E-state index in [0.717, 1.165) is 0 Å². The molecule has 1 aliphatic rings. The Hall–Kier alpha value is -0.770. The van der Waals surface area contributed by atoms with Crippen molar-refractivity contribution in [1.82, 2.24) is 10.2 Å². The third kappa shape index (κ3) is 1.59. The maximum atomic E-state index is 13.6. The van der Waals surface area contributed by atoms with Crippen LogP contribution in [0.4, 0.5) is 8.78 Å². The summed E-state index contributed by atoms with van der Waals surface area (Å²) < 4.78 is 27.2. The average Bonchev–Trinajstić information content (AvgIpc) is 2.84. The number of halogens is 3. The van der Waals surface area contributed by atoms with E-state index >= 15 is 0 Å². The Morgan fingerprint density at radius 1 is 1.43 bits per heavy atom. The van der Waals surface area contributed by atoms with Crippen LogP contribution in [-0.2, 0) is 5.92 Å². The van der Waals surface area contributed by atoms with E-state index in [1.54, 1.807) is 0 Å². The van der Waals surface area contributed by atoms with Crippen molar-refractivity contribution >= 4 is 11.6 Å². The molecule has 2 nitrogen and oxygen atoms in total. The van der Waals surface area contributed by atoms with Gasteiger partial charge in [-0.2, -0.15) is 8.78 Å². The van der Waals surface area contributed by atoms with Gasteiger partial charge in [0.25, 0.3) is 5.92 Å². The van der Waals surface area contributed by atoms with Crippen molar-refractivity contribution in [2.24, 2.45) is 11.8 Å². The van der Waals surface area contributed by atoms with Crippen LogP contribution in [0.1, 0.15) is 19.0 Å². The summed E-state index contributed by atoms with van der Waals surface area (Å²) in [6, 6.07) is 2.57. The monoisotopic (exact) mass is 218 g/mol. The van der Waals surface area contributed by atoms with Crippen molar-refractivity contribution in [2.45, 2.75) is 19.3 Å². The van der Waals surface area contributed by atoms with Crippen LogP contribution in [0.2, 0.25) is 5.15 Å². The Morgan fingerprint density at radius 2 is 2.07 bits per heavy atom. The summed E-state index contributed by atoms with van der Waals surface area (Å²) in [6.07, 6.45) is 0.553. The van der Waals surface area contributed by atoms with Gasteiger partial charge in [0.1, 0.15) is 5.69 Å². The molecule has 2 rings (SSSR count). The van der Waals surface area contributed by atoms with E-state index in [1.807, 2.05) is 6.92 Å². The van der Waals surface area contributed by atoms with E-state index in [0.29, 0.717) is 6.42 Å². The molecule has 1 fully saturated rings. The predicted molar refractivity (Wildman–Crippen MR) is 48.2 cm³/mol. The van der Waals surface area contributed by atoms with Crippen molar-refractivity contribution in [1.29, 1.82) is 0 Å². The van der Waals surface area contributed by atoms with Crippen molar-refractivity contribution in [3.8, 4) is 0 Å². The fraction of sp³-hybridized carbons (Fsp3) is 0.556. The number of aromatic nitrogens is 2. The first-order valence-corrected chi connectivity index (χ1v) is 4.77. The second kappa shape index (κ2) is 3.12. The molecule has 1 aromatic rings. The molecule has 0 amide bonds. The van der Waals surface area contributed by atoms with Crippen molar-refractivity contribution < 1.29 is 8.78 Å². The lowest BCUT2D eigenvalue weighted by atomic mass is 10.1. The van der Waals surface area contributed by atoms with E-state index in [2.05, 4.69) is 10.2 Å². The van der Waals surface area contributed by atoms with Gasteiger partial charge in [0.2, 0.25) is 0 Å². The fourth-order valence-electron chi connectivity index (χ4n) is 1.51. The summed E-state index contributed by atoms with van der Waals surface area (Å²) in [7, 11) is 0. The molecule has 76 valence electrons. The van der Waals surface area contributed by atoms with Gasteiger partial charge in [-0.1, -0.05) is 18.5 Å². The molecule has 2 atom stereocenters. The van der Waals surface area contributed by atoms with Crippen LogP contribution >= 0.6 is 11.6 Å². The Morgan fingerprint density at radius 3 is 2.50 bits per heavy atom. The highest BCUT2D eigenvalue weighted by atomic mass is 35.5. The SMILES string of the molecule is CC1CC1C(F)(F)c1ccc(Cl)nn1. The summed E-state index contributed by atoms with van der Waals surface area (Å²) in [4.78, 5) is 0. The molecule has 5 heteroatoms. The molecule has 0 N–H and O–H groups in total. The maximum absolute atomic E-state index is 13.6. The lowest BCUT2D eigenvalue weighted by Gasteiger charge is -2.14. The predicted octanol–water partition coefficient (Wildman–Crippen LogP) is 2.88. The van der Waals surface area contributed by atoms with Gasteiger partial charge in [-0.25, -0.2) is 0 Å². The summed E-state index contributed by atoms with van der Waals surface area (Å²) in [6.45, 7) is 1.81. The quantitative estimate of drug-likeness (QED) is 0.763. The van der Waals surface area contributed by atoms with E-state index < -0.39 is 11.8 Å². The topological polar surface area (TPSA) is 25.8 Å². The number of alkyl halides is 2. The zero-order valence-corrected chi connectivity index (χ0v) is 8.30. The van der Waals surface area contributed by atoms with E-state index in [9.17, 15) is 8.78 Å². The Bertz CT molecular complexity index is 339. The highest BCUT2D eigenvalue weighted by Crippen LogP contribution is 2.53. The minimum atomic E-state index is -2.86. The van der Waals surface area contributed by atoms with Gasteiger partial charge in [-0.3, -0.25) is 0 Å². The van der Waals surface area contributed by atoms with E-state index in [4.69, 9.17) is 11.6 Å². The van der Waals surface area contributed by atoms with Gasteiger partial charge in [0.15, 0.2) is 5.15 Å². The molecule has 0 aromatic carbocycles. The second-order valence-electron chi connectivity index (χ2n) is 3.68. The lowest BCUT2D eigenvalue weighted by Crippen LogP contribution is -2.19. The molecule has 0 radical (unpaired) electrons. The van der Waals surface area contributed by atoms with E-state index in [-0.39, 0.29) is 16.8 Å². The number of nitrogens with zero attached hydrogens (tertiary/aromatic N) is 2. The maximum Gasteiger partial charge on any atom is 0.294 e. The van der Waals surface area contributed by atoms with Crippen LogP contribution in [0.25, 0.3) is 0 Å². The van der Waals surface area contributed by atoms with Crippen LogP contribution in [0, 0.1) is 11.8 Å². The van der Waals surface area contributed by atoms with Gasteiger partial charge in [0, 0.05) is 5.92 Å². The van der Waals surface area contributed by atoms with Crippen LogP contribution in [0.3, 0.4) is 0 Å². The number of hydrogen-bond acceptors (Lipinski definition) is 2. The summed E-state index contributed by atoms with van der Waals surface area (Å²) in [5.74, 6) is -3.38. The molecule has 0 bridgehead atoms. The largest absolute Gasteiger partial charge is 0.294 e. The van der Waals surface area contributed by atoms with Crippen molar-refractivity contribution in [3.05, 3.63) is 23.0 Å². The summed E-state index contributed by atoms with van der Waals surface area (Å²) in [5.41, 5.74) is -0.281. The van der Waals surface area contributed by atoms with Gasteiger partial charge in [-0.05, 0) is 24.5 Å². The first-order valence-electron chi connectivity index (χ1n) is 4.39. The molecule has 0 aliphatic heterocycles. The Balaban J connectivity index is 2.25. The molecular formula is C9H9ClF2N2. The Kier molecular flexibility index (Phi) is 2.18. The molecule has 0 spiro atoms. The highest BCUT2D eigenvalue weighted by Gasteiger charge is 2.54. The minimum absolute atomic E-state index is 0.0717. The molecule has 0 saturated heterocycles. The summed E-state index contributed by atoms with van der Waals surface area (Å²) >= 11 is 5.47. The van der Waals surface area contributed by atoms with Crippen molar-refractivity contribution in [2.75, 3.05) is 0 Å². The normalized spacial score (nSPS) is 26.3. The number of hydrogen-bond donors (Lipinski definition) is 0. The third-order valence-electron chi connectivity index (χ3n) is 2.55. The van der Waals surface area contributed by atoms with E-state index in [1.165, 1.54) is 12.1 Å². The van der Waals surface area contributed by atoms with Gasteiger partial charge >= 0.3 is 0 Å². The van der Waals surface area contributed by atoms with Crippen LogP contribution in [0.15, 0.2) is 12.1 Å². The lowest BCUT2D eigenvalue weighted by molar-refractivity contribution is -0.0380. The highest BCUT2D eigenvalue weighted by molar-refractivity contribution is 6.29. The van der Waals surface area contributed by atoms with Gasteiger partial charge in [-0.15, -0.1) is 10.2 Å². The summed E-state index contributed by atoms with van der Waals surface area (Å²) in [5, 5.41) is 6.96. The Labute approximate surface area is 85.3 Å². The van der Waals surface area contributed by atoms with Crippen LogP contribution in [-0.4, -0.2) is 10.2 Å². The molecule has 2 unspecified atom stereocenters. The van der Waals surface area contributed by atoms with Crippen LogP contribution in [0.5, 0.6) is 0 Å². The minimum Gasteiger partial charge on any atom is -0.199 e. The zero-order chi connectivity index (χ0) is 10.3. The van der Waals surface area contributed by atoms with Crippen molar-refractivity contribution in [3.63, 3.8) is 0 Å². The molecule has 1 aromatic heterocycles. The van der Waals surface area contributed by atoms with Gasteiger partial charge in [0.05, 0.1) is 0 Å². The average molecular weight is 219 g/mol. The smallest absolute Gasteiger partial charge is 0.199 e. The zero-order valence-electron chi connectivity index (χ0n) is 7.54. The number of rotatable bonds is 2. The molecule has 1 aliphatic carbocycles. The molecule has 1 heterocycles. The molecular weight excluding hydrogens is 210 g/mol. The molecule has 1 saturated carbocycles. The molecule has 14 heavy (non-hydrogen) atoms. The van der Waals surface area contributed by atoms with Crippen LogP contribution < -0.4 is 0 Å². The standard InChI is InChI=1S/C9H9ClF2N2/c1-5-4-6(5)9(11,12)7-2-3-8(10)14-13-7/h2-3,5-6H,4H2,1H3.